The molecule has 5 aromatic rings. The van der Waals surface area contributed by atoms with E-state index in [2.05, 4.69) is 16.7 Å². The summed E-state index contributed by atoms with van der Waals surface area (Å²) in [5, 5.41) is 26.0. The molecule has 0 bridgehead atoms. The number of aliphatic hydroxyl groups is 2. The normalized spacial score (nSPS) is 22.2. The lowest BCUT2D eigenvalue weighted by atomic mass is 9.74. The highest BCUT2D eigenvalue weighted by Gasteiger charge is 2.61. The molecule has 0 saturated carbocycles. The molecule has 0 unspecified atom stereocenters. The molecule has 3 heteroatoms. The van der Waals surface area contributed by atoms with Gasteiger partial charge in [0.05, 0.1) is 11.2 Å². The maximum absolute atomic E-state index is 12.7. The first-order valence-electron chi connectivity index (χ1n) is 10.9. The molecule has 0 fully saturated rings. The minimum absolute atomic E-state index is 0.318. The standard InChI is InChI=1S/C29H23NO2/c31-28(21-12-4-1-5-13-21)20-25-24-18-10-11-19-26(24)30(23-16-8-3-9-17-23)27(25)29(28,32)22-14-6-2-7-15-22/h1-19,31-32H,20H2/t28-,29-/m1/s1. The molecule has 0 amide bonds. The van der Waals surface area contributed by atoms with E-state index in [1.165, 1.54) is 0 Å². The van der Waals surface area contributed by atoms with Gasteiger partial charge in [-0.15, -0.1) is 0 Å². The summed E-state index contributed by atoms with van der Waals surface area (Å²) in [6.45, 7) is 0. The largest absolute Gasteiger partial charge is 0.381 e. The van der Waals surface area contributed by atoms with Crippen LogP contribution in [0.25, 0.3) is 16.6 Å². The van der Waals surface area contributed by atoms with Crippen LogP contribution in [0.3, 0.4) is 0 Å². The first-order chi connectivity index (χ1) is 15.6. The van der Waals surface area contributed by atoms with Crippen molar-refractivity contribution in [2.24, 2.45) is 0 Å². The minimum Gasteiger partial charge on any atom is -0.381 e. The van der Waals surface area contributed by atoms with Gasteiger partial charge >= 0.3 is 0 Å². The molecule has 1 aliphatic rings. The highest BCUT2D eigenvalue weighted by atomic mass is 16.4. The zero-order chi connectivity index (χ0) is 21.8. The molecule has 1 heterocycles. The second-order valence-electron chi connectivity index (χ2n) is 8.49. The Labute approximate surface area is 186 Å². The van der Waals surface area contributed by atoms with Crippen LogP contribution in [-0.2, 0) is 17.6 Å². The summed E-state index contributed by atoms with van der Waals surface area (Å²) in [7, 11) is 0. The predicted octanol–water partition coefficient (Wildman–Crippen LogP) is 5.31. The summed E-state index contributed by atoms with van der Waals surface area (Å²) in [4.78, 5) is 0. The zero-order valence-corrected chi connectivity index (χ0v) is 17.5. The Hall–Kier alpha value is -3.66. The molecule has 1 aliphatic carbocycles. The molecular formula is C29H23NO2. The molecule has 3 nitrogen and oxygen atoms in total. The van der Waals surface area contributed by atoms with Crippen LogP contribution < -0.4 is 0 Å². The van der Waals surface area contributed by atoms with Crippen LogP contribution in [0.1, 0.15) is 22.4 Å². The lowest BCUT2D eigenvalue weighted by molar-refractivity contribution is -0.129. The molecule has 0 spiro atoms. The first-order valence-corrected chi connectivity index (χ1v) is 10.9. The maximum Gasteiger partial charge on any atom is 0.163 e. The Bertz CT molecular complexity index is 1410. The highest BCUT2D eigenvalue weighted by molar-refractivity contribution is 5.89. The van der Waals surface area contributed by atoms with Gasteiger partial charge in [0, 0.05) is 17.5 Å². The number of hydrogen-bond donors (Lipinski definition) is 2. The van der Waals surface area contributed by atoms with Crippen molar-refractivity contribution in [2.75, 3.05) is 0 Å². The number of fused-ring (bicyclic) bond motifs is 3. The number of para-hydroxylation sites is 2. The molecule has 2 atom stereocenters. The molecule has 0 saturated heterocycles. The van der Waals surface area contributed by atoms with Gasteiger partial charge in [0.2, 0.25) is 0 Å². The number of benzene rings is 4. The first kappa shape index (κ1) is 19.1. The number of nitrogens with zero attached hydrogens (tertiary/aromatic N) is 1. The van der Waals surface area contributed by atoms with Crippen molar-refractivity contribution in [2.45, 2.75) is 17.6 Å². The average molecular weight is 418 g/mol. The molecule has 1 aromatic heterocycles. The van der Waals surface area contributed by atoms with E-state index in [4.69, 9.17) is 0 Å². The lowest BCUT2D eigenvalue weighted by Crippen LogP contribution is -2.48. The van der Waals surface area contributed by atoms with E-state index in [0.29, 0.717) is 17.5 Å². The number of hydrogen-bond acceptors (Lipinski definition) is 2. The van der Waals surface area contributed by atoms with Gasteiger partial charge in [-0.2, -0.15) is 0 Å². The molecule has 0 aliphatic heterocycles. The molecule has 0 radical (unpaired) electrons. The van der Waals surface area contributed by atoms with Gasteiger partial charge in [-0.05, 0) is 34.9 Å². The fourth-order valence-corrected chi connectivity index (χ4v) is 5.37. The van der Waals surface area contributed by atoms with Crippen molar-refractivity contribution in [1.29, 1.82) is 0 Å². The summed E-state index contributed by atoms with van der Waals surface area (Å²) in [6, 6.07) is 37.3. The summed E-state index contributed by atoms with van der Waals surface area (Å²) < 4.78 is 2.11. The monoisotopic (exact) mass is 417 g/mol. The van der Waals surface area contributed by atoms with Crippen LogP contribution in [0.4, 0.5) is 0 Å². The van der Waals surface area contributed by atoms with E-state index in [9.17, 15) is 10.2 Å². The Morgan fingerprint density at radius 3 is 1.78 bits per heavy atom. The minimum atomic E-state index is -1.64. The zero-order valence-electron chi connectivity index (χ0n) is 17.5. The van der Waals surface area contributed by atoms with Gasteiger partial charge in [0.25, 0.3) is 0 Å². The third-order valence-corrected chi connectivity index (χ3v) is 6.81. The molecule has 156 valence electrons. The van der Waals surface area contributed by atoms with E-state index in [0.717, 1.165) is 27.8 Å². The predicted molar refractivity (Wildman–Crippen MR) is 127 cm³/mol. The van der Waals surface area contributed by atoms with Crippen molar-refractivity contribution in [3.63, 3.8) is 0 Å². The van der Waals surface area contributed by atoms with Crippen LogP contribution in [0.5, 0.6) is 0 Å². The van der Waals surface area contributed by atoms with Gasteiger partial charge in [-0.25, -0.2) is 0 Å². The van der Waals surface area contributed by atoms with E-state index in [1.807, 2.05) is 103 Å². The molecule has 4 aromatic carbocycles. The van der Waals surface area contributed by atoms with Crippen LogP contribution in [0.15, 0.2) is 115 Å². The van der Waals surface area contributed by atoms with Crippen LogP contribution in [0.2, 0.25) is 0 Å². The average Bonchev–Trinajstić information content (AvgIpc) is 3.31. The number of aromatic nitrogens is 1. The van der Waals surface area contributed by atoms with Gasteiger partial charge in [0.15, 0.2) is 5.60 Å². The molecule has 32 heavy (non-hydrogen) atoms. The van der Waals surface area contributed by atoms with Crippen molar-refractivity contribution >= 4 is 10.9 Å². The van der Waals surface area contributed by atoms with E-state index in [-0.39, 0.29) is 0 Å². The van der Waals surface area contributed by atoms with Crippen molar-refractivity contribution in [3.05, 3.63) is 138 Å². The highest BCUT2D eigenvalue weighted by Crippen LogP contribution is 2.56. The summed E-state index contributed by atoms with van der Waals surface area (Å²) in [6.07, 6.45) is 0.318. The SMILES string of the molecule is O[C@]1(c2ccccc2)c2c(c3ccccc3n2-c2ccccc2)C[C@@]1(O)c1ccccc1. The van der Waals surface area contributed by atoms with Gasteiger partial charge < -0.3 is 14.8 Å². The third kappa shape index (κ3) is 2.44. The second-order valence-corrected chi connectivity index (χ2v) is 8.49. The topological polar surface area (TPSA) is 45.4 Å². The van der Waals surface area contributed by atoms with Crippen LogP contribution in [0, 0.1) is 0 Å². The second kappa shape index (κ2) is 6.92. The smallest absolute Gasteiger partial charge is 0.163 e. The molecule has 2 N–H and O–H groups in total. The fraction of sp³-hybridized carbons (Fsp3) is 0.103. The van der Waals surface area contributed by atoms with E-state index >= 15 is 0 Å². The van der Waals surface area contributed by atoms with E-state index < -0.39 is 11.2 Å². The Morgan fingerprint density at radius 1 is 0.594 bits per heavy atom. The quantitative estimate of drug-likeness (QED) is 0.418. The molecular weight excluding hydrogens is 394 g/mol. The lowest BCUT2D eigenvalue weighted by Gasteiger charge is -2.40. The number of rotatable bonds is 3. The molecule has 6 rings (SSSR count). The van der Waals surface area contributed by atoms with Crippen LogP contribution >= 0.6 is 0 Å². The maximum atomic E-state index is 12.7. The Morgan fingerprint density at radius 2 is 1.12 bits per heavy atom. The summed E-state index contributed by atoms with van der Waals surface area (Å²) >= 11 is 0. The third-order valence-electron chi connectivity index (χ3n) is 6.81. The van der Waals surface area contributed by atoms with Gasteiger partial charge in [-0.1, -0.05) is 97.1 Å². The van der Waals surface area contributed by atoms with E-state index in [1.54, 1.807) is 0 Å². The van der Waals surface area contributed by atoms with Crippen molar-refractivity contribution < 1.29 is 10.2 Å². The summed E-state index contributed by atoms with van der Waals surface area (Å²) in [5.74, 6) is 0. The van der Waals surface area contributed by atoms with Crippen molar-refractivity contribution in [3.8, 4) is 5.69 Å². The Kier molecular flexibility index (Phi) is 4.12. The van der Waals surface area contributed by atoms with Crippen molar-refractivity contribution in [1.82, 2.24) is 4.57 Å². The summed E-state index contributed by atoms with van der Waals surface area (Å²) in [5.41, 5.74) is 1.89. The van der Waals surface area contributed by atoms with Crippen LogP contribution in [-0.4, -0.2) is 14.8 Å². The Balaban J connectivity index is 1.76. The fourth-order valence-electron chi connectivity index (χ4n) is 5.37. The van der Waals surface area contributed by atoms with Gasteiger partial charge in [-0.3, -0.25) is 0 Å². The van der Waals surface area contributed by atoms with Gasteiger partial charge in [0.1, 0.15) is 5.60 Å².